The van der Waals surface area contributed by atoms with Gasteiger partial charge in [-0.2, -0.15) is 0 Å². The lowest BCUT2D eigenvalue weighted by Gasteiger charge is -2.15. The van der Waals surface area contributed by atoms with Crippen LogP contribution in [0.25, 0.3) is 10.9 Å². The number of para-hydroxylation sites is 2. The third kappa shape index (κ3) is 4.36. The van der Waals surface area contributed by atoms with Gasteiger partial charge in [-0.05, 0) is 43.0 Å². The van der Waals surface area contributed by atoms with Crippen molar-refractivity contribution >= 4 is 28.5 Å². The fourth-order valence-electron chi connectivity index (χ4n) is 3.13. The summed E-state index contributed by atoms with van der Waals surface area (Å²) in [5, 5.41) is 3.56. The van der Waals surface area contributed by atoms with E-state index in [0.29, 0.717) is 16.9 Å². The van der Waals surface area contributed by atoms with Gasteiger partial charge in [-0.3, -0.25) is 9.78 Å². The van der Waals surface area contributed by atoms with Crippen molar-refractivity contribution in [3.63, 3.8) is 0 Å². The molecule has 2 aromatic carbocycles. The smallest absolute Gasteiger partial charge is 0.339 e. The molecule has 0 aliphatic carbocycles. The number of nitrogens with zero attached hydrogens (tertiary/aromatic N) is 1. The van der Waals surface area contributed by atoms with Crippen LogP contribution in [0.2, 0.25) is 0 Å². The second kappa shape index (κ2) is 8.65. The Morgan fingerprint density at radius 1 is 1.11 bits per heavy atom. The maximum Gasteiger partial charge on any atom is 0.339 e. The second-order valence-corrected chi connectivity index (χ2v) is 6.85. The molecule has 0 radical (unpaired) electrons. The van der Waals surface area contributed by atoms with Gasteiger partial charge in [0.1, 0.15) is 0 Å². The third-order valence-electron chi connectivity index (χ3n) is 4.78. The number of aromatic nitrogens is 1. The molecule has 5 heteroatoms. The SMILES string of the molecule is CC[C@@H](C)c1ccccc1NC(=O)COC(=O)c1cc(C)nc2ccccc12. The molecule has 0 aliphatic rings. The molecule has 0 spiro atoms. The highest BCUT2D eigenvalue weighted by Crippen LogP contribution is 2.26. The van der Waals surface area contributed by atoms with Crippen LogP contribution in [0.1, 0.15) is 47.8 Å². The highest BCUT2D eigenvalue weighted by molar-refractivity contribution is 6.04. The lowest BCUT2D eigenvalue weighted by Crippen LogP contribution is -2.22. The summed E-state index contributed by atoms with van der Waals surface area (Å²) < 4.78 is 5.27. The number of ether oxygens (including phenoxy) is 1. The van der Waals surface area contributed by atoms with E-state index in [1.54, 1.807) is 6.07 Å². The Hall–Kier alpha value is -3.21. The normalized spacial score (nSPS) is 11.8. The van der Waals surface area contributed by atoms with E-state index in [1.165, 1.54) is 0 Å². The van der Waals surface area contributed by atoms with Crippen molar-refractivity contribution in [1.29, 1.82) is 0 Å². The van der Waals surface area contributed by atoms with Gasteiger partial charge in [0.25, 0.3) is 5.91 Å². The zero-order valence-corrected chi connectivity index (χ0v) is 16.4. The van der Waals surface area contributed by atoms with Crippen LogP contribution in [-0.4, -0.2) is 23.5 Å². The molecule has 3 rings (SSSR count). The molecule has 0 fully saturated rings. The number of pyridine rings is 1. The molecule has 3 aromatic rings. The van der Waals surface area contributed by atoms with Gasteiger partial charge < -0.3 is 10.1 Å². The number of hydrogen-bond acceptors (Lipinski definition) is 4. The van der Waals surface area contributed by atoms with Crippen LogP contribution in [0.3, 0.4) is 0 Å². The molecule has 0 saturated carbocycles. The molecule has 1 atom stereocenters. The summed E-state index contributed by atoms with van der Waals surface area (Å²) in [5.41, 5.74) is 3.68. The van der Waals surface area contributed by atoms with E-state index < -0.39 is 5.97 Å². The number of anilines is 1. The Kier molecular flexibility index (Phi) is 6.04. The van der Waals surface area contributed by atoms with Crippen LogP contribution in [-0.2, 0) is 9.53 Å². The number of nitrogens with one attached hydrogen (secondary N) is 1. The summed E-state index contributed by atoms with van der Waals surface area (Å²) in [5.74, 6) is -0.573. The zero-order chi connectivity index (χ0) is 20.1. The van der Waals surface area contributed by atoms with E-state index >= 15 is 0 Å². The van der Waals surface area contributed by atoms with Gasteiger partial charge in [0, 0.05) is 16.8 Å². The van der Waals surface area contributed by atoms with Crippen molar-refractivity contribution in [2.75, 3.05) is 11.9 Å². The van der Waals surface area contributed by atoms with Crippen LogP contribution < -0.4 is 5.32 Å². The largest absolute Gasteiger partial charge is 0.452 e. The molecule has 1 heterocycles. The number of rotatable bonds is 6. The molecule has 1 N–H and O–H groups in total. The van der Waals surface area contributed by atoms with Gasteiger partial charge >= 0.3 is 5.97 Å². The average molecular weight is 376 g/mol. The first-order valence-corrected chi connectivity index (χ1v) is 9.42. The van der Waals surface area contributed by atoms with E-state index in [0.717, 1.165) is 28.9 Å². The number of carbonyl (C=O) groups excluding carboxylic acids is 2. The topological polar surface area (TPSA) is 68.3 Å². The third-order valence-corrected chi connectivity index (χ3v) is 4.78. The van der Waals surface area contributed by atoms with Crippen LogP contribution in [0.4, 0.5) is 5.69 Å². The first-order valence-electron chi connectivity index (χ1n) is 9.42. The van der Waals surface area contributed by atoms with Crippen molar-refractivity contribution in [3.05, 3.63) is 71.4 Å². The minimum atomic E-state index is -0.535. The first-order chi connectivity index (χ1) is 13.5. The van der Waals surface area contributed by atoms with E-state index in [2.05, 4.69) is 24.1 Å². The van der Waals surface area contributed by atoms with Crippen LogP contribution in [0, 0.1) is 6.92 Å². The van der Waals surface area contributed by atoms with Crippen molar-refractivity contribution < 1.29 is 14.3 Å². The molecule has 5 nitrogen and oxygen atoms in total. The number of hydrogen-bond donors (Lipinski definition) is 1. The summed E-state index contributed by atoms with van der Waals surface area (Å²) in [6.45, 7) is 5.69. The van der Waals surface area contributed by atoms with Gasteiger partial charge in [-0.25, -0.2) is 4.79 Å². The minimum Gasteiger partial charge on any atom is -0.452 e. The number of amides is 1. The Morgan fingerprint density at radius 3 is 2.61 bits per heavy atom. The lowest BCUT2D eigenvalue weighted by molar-refractivity contribution is -0.119. The van der Waals surface area contributed by atoms with E-state index in [9.17, 15) is 9.59 Å². The monoisotopic (exact) mass is 376 g/mol. The minimum absolute atomic E-state index is 0.324. The fourth-order valence-corrected chi connectivity index (χ4v) is 3.13. The predicted molar refractivity (Wildman–Crippen MR) is 111 cm³/mol. The zero-order valence-electron chi connectivity index (χ0n) is 16.4. The number of esters is 1. The summed E-state index contributed by atoms with van der Waals surface area (Å²) in [6, 6.07) is 16.7. The van der Waals surface area contributed by atoms with Gasteiger partial charge in [0.05, 0.1) is 11.1 Å². The number of fused-ring (bicyclic) bond motifs is 1. The van der Waals surface area contributed by atoms with E-state index in [1.807, 2.05) is 55.5 Å². The van der Waals surface area contributed by atoms with Crippen LogP contribution in [0.5, 0.6) is 0 Å². The van der Waals surface area contributed by atoms with Crippen molar-refractivity contribution in [2.24, 2.45) is 0 Å². The van der Waals surface area contributed by atoms with Gasteiger partial charge in [-0.15, -0.1) is 0 Å². The standard InChI is InChI=1S/C23H24N2O3/c1-4-15(2)17-9-5-7-11-20(17)25-22(26)14-28-23(27)19-13-16(3)24-21-12-8-6-10-18(19)21/h5-13,15H,4,14H2,1-3H3,(H,25,26)/t15-/m1/s1. The molecule has 0 aliphatic heterocycles. The lowest BCUT2D eigenvalue weighted by atomic mass is 9.97. The molecular weight excluding hydrogens is 352 g/mol. The maximum atomic E-state index is 12.6. The quantitative estimate of drug-likeness (QED) is 0.624. The molecule has 0 bridgehead atoms. The second-order valence-electron chi connectivity index (χ2n) is 6.85. The molecular formula is C23H24N2O3. The summed E-state index contributed by atoms with van der Waals surface area (Å²) in [6.07, 6.45) is 0.969. The average Bonchev–Trinajstić information content (AvgIpc) is 2.71. The van der Waals surface area contributed by atoms with Crippen molar-refractivity contribution in [3.8, 4) is 0 Å². The summed E-state index contributed by atoms with van der Waals surface area (Å²) >= 11 is 0. The Bertz CT molecular complexity index is 1010. The predicted octanol–water partition coefficient (Wildman–Crippen LogP) is 4.85. The van der Waals surface area contributed by atoms with Crippen LogP contribution in [0.15, 0.2) is 54.6 Å². The van der Waals surface area contributed by atoms with Gasteiger partial charge in [-0.1, -0.05) is 50.2 Å². The molecule has 28 heavy (non-hydrogen) atoms. The van der Waals surface area contributed by atoms with E-state index in [4.69, 9.17) is 4.74 Å². The number of benzene rings is 2. The van der Waals surface area contributed by atoms with E-state index in [-0.39, 0.29) is 12.5 Å². The molecule has 0 unspecified atom stereocenters. The maximum absolute atomic E-state index is 12.6. The summed E-state index contributed by atoms with van der Waals surface area (Å²) in [4.78, 5) is 29.3. The molecule has 1 aromatic heterocycles. The highest BCUT2D eigenvalue weighted by atomic mass is 16.5. The molecule has 1 amide bonds. The molecule has 0 saturated heterocycles. The van der Waals surface area contributed by atoms with Crippen LogP contribution >= 0.6 is 0 Å². The first kappa shape index (κ1) is 19.5. The van der Waals surface area contributed by atoms with Gasteiger partial charge in [0.15, 0.2) is 6.61 Å². The fraction of sp³-hybridized carbons (Fsp3) is 0.261. The van der Waals surface area contributed by atoms with Gasteiger partial charge in [0.2, 0.25) is 0 Å². The number of carbonyl (C=O) groups is 2. The highest BCUT2D eigenvalue weighted by Gasteiger charge is 2.16. The summed E-state index contributed by atoms with van der Waals surface area (Å²) in [7, 11) is 0. The molecule has 144 valence electrons. The Balaban J connectivity index is 1.70. The van der Waals surface area contributed by atoms with Crippen molar-refractivity contribution in [2.45, 2.75) is 33.1 Å². The van der Waals surface area contributed by atoms with Crippen molar-refractivity contribution in [1.82, 2.24) is 4.98 Å². The Morgan fingerprint density at radius 2 is 1.82 bits per heavy atom. The number of aryl methyl sites for hydroxylation is 1. The Labute approximate surface area is 164 Å².